The Kier molecular flexibility index (Phi) is 4.72. The lowest BCUT2D eigenvalue weighted by Gasteiger charge is -2.25. The molecule has 0 aliphatic heterocycles. The van der Waals surface area contributed by atoms with Gasteiger partial charge in [0.1, 0.15) is 0 Å². The third kappa shape index (κ3) is 3.11. The average Bonchev–Trinajstić information content (AvgIpc) is 2.64. The second-order valence-electron chi connectivity index (χ2n) is 5.46. The van der Waals surface area contributed by atoms with E-state index >= 15 is 0 Å². The first-order valence-corrected chi connectivity index (χ1v) is 8.20. The summed E-state index contributed by atoms with van der Waals surface area (Å²) < 4.78 is 0. The standard InChI is InChI=1S/C21H22N2/c1-3-23(4-2)19-15-16-22-21(18-13-9-6-10-14-18)20(19)17-11-7-5-8-12-17/h5-16H,3-4H2,1-2H3. The zero-order valence-electron chi connectivity index (χ0n) is 13.7. The van der Waals surface area contributed by atoms with Crippen molar-refractivity contribution in [3.8, 4) is 22.4 Å². The van der Waals surface area contributed by atoms with Crippen LogP contribution < -0.4 is 4.90 Å². The highest BCUT2D eigenvalue weighted by molar-refractivity contribution is 5.90. The van der Waals surface area contributed by atoms with Gasteiger partial charge in [-0.25, -0.2) is 0 Å². The Morgan fingerprint density at radius 3 is 1.87 bits per heavy atom. The predicted octanol–water partition coefficient (Wildman–Crippen LogP) is 5.26. The Morgan fingerprint density at radius 1 is 0.739 bits per heavy atom. The zero-order valence-corrected chi connectivity index (χ0v) is 13.7. The van der Waals surface area contributed by atoms with Crippen LogP contribution >= 0.6 is 0 Å². The van der Waals surface area contributed by atoms with Crippen LogP contribution in [0.15, 0.2) is 72.9 Å². The van der Waals surface area contributed by atoms with Crippen LogP contribution in [0, 0.1) is 0 Å². The molecule has 0 saturated carbocycles. The lowest BCUT2D eigenvalue weighted by Crippen LogP contribution is -2.22. The number of hydrogen-bond donors (Lipinski definition) is 0. The molecule has 0 aliphatic rings. The van der Waals surface area contributed by atoms with Crippen LogP contribution in [0.25, 0.3) is 22.4 Å². The number of aromatic nitrogens is 1. The fourth-order valence-electron chi connectivity index (χ4n) is 2.98. The minimum atomic E-state index is 0.981. The number of benzene rings is 2. The van der Waals surface area contributed by atoms with Crippen LogP contribution in [0.3, 0.4) is 0 Å². The van der Waals surface area contributed by atoms with E-state index in [9.17, 15) is 0 Å². The minimum absolute atomic E-state index is 0.981. The van der Waals surface area contributed by atoms with Gasteiger partial charge in [0.05, 0.1) is 5.69 Å². The Balaban J connectivity index is 2.27. The zero-order chi connectivity index (χ0) is 16.1. The summed E-state index contributed by atoms with van der Waals surface area (Å²) in [5, 5.41) is 0. The van der Waals surface area contributed by atoms with Crippen molar-refractivity contribution in [1.82, 2.24) is 4.98 Å². The third-order valence-electron chi connectivity index (χ3n) is 4.14. The van der Waals surface area contributed by atoms with Crippen LogP contribution in [0.1, 0.15) is 13.8 Å². The van der Waals surface area contributed by atoms with Gasteiger partial charge in [0.15, 0.2) is 0 Å². The van der Waals surface area contributed by atoms with Crippen molar-refractivity contribution in [2.45, 2.75) is 13.8 Å². The van der Waals surface area contributed by atoms with Gasteiger partial charge >= 0.3 is 0 Å². The quantitative estimate of drug-likeness (QED) is 0.639. The summed E-state index contributed by atoms with van der Waals surface area (Å²) in [6.45, 7) is 6.35. The third-order valence-corrected chi connectivity index (χ3v) is 4.14. The van der Waals surface area contributed by atoms with Gasteiger partial charge in [0.2, 0.25) is 0 Å². The monoisotopic (exact) mass is 302 g/mol. The van der Waals surface area contributed by atoms with E-state index in [1.165, 1.54) is 16.8 Å². The van der Waals surface area contributed by atoms with Gasteiger partial charge in [-0.05, 0) is 25.5 Å². The maximum Gasteiger partial charge on any atom is 0.0801 e. The van der Waals surface area contributed by atoms with Crippen LogP contribution in [-0.2, 0) is 0 Å². The molecular weight excluding hydrogens is 280 g/mol. The number of anilines is 1. The van der Waals surface area contributed by atoms with Gasteiger partial charge in [0.25, 0.3) is 0 Å². The summed E-state index contributed by atoms with van der Waals surface area (Å²) >= 11 is 0. The molecule has 0 aliphatic carbocycles. The maximum absolute atomic E-state index is 4.71. The molecule has 0 amide bonds. The van der Waals surface area contributed by atoms with Gasteiger partial charge in [0, 0.05) is 36.1 Å². The molecule has 0 unspecified atom stereocenters. The van der Waals surface area contributed by atoms with Gasteiger partial charge in [-0.3, -0.25) is 4.98 Å². The van der Waals surface area contributed by atoms with Crippen molar-refractivity contribution >= 4 is 5.69 Å². The number of nitrogens with zero attached hydrogens (tertiary/aromatic N) is 2. The van der Waals surface area contributed by atoms with Crippen molar-refractivity contribution in [3.05, 3.63) is 72.9 Å². The first-order valence-electron chi connectivity index (χ1n) is 8.20. The summed E-state index contributed by atoms with van der Waals surface area (Å²) in [6, 6.07) is 23.1. The Morgan fingerprint density at radius 2 is 1.30 bits per heavy atom. The lowest BCUT2D eigenvalue weighted by atomic mass is 9.97. The van der Waals surface area contributed by atoms with Crippen molar-refractivity contribution in [3.63, 3.8) is 0 Å². The molecule has 0 atom stereocenters. The molecule has 0 N–H and O–H groups in total. The highest BCUT2D eigenvalue weighted by Crippen LogP contribution is 2.37. The molecule has 3 aromatic rings. The largest absolute Gasteiger partial charge is 0.371 e. The van der Waals surface area contributed by atoms with Crippen molar-refractivity contribution < 1.29 is 0 Å². The van der Waals surface area contributed by atoms with E-state index in [1.807, 2.05) is 12.3 Å². The second-order valence-corrected chi connectivity index (χ2v) is 5.46. The van der Waals surface area contributed by atoms with E-state index in [0.717, 1.165) is 24.3 Å². The van der Waals surface area contributed by atoms with E-state index < -0.39 is 0 Å². The molecule has 0 bridgehead atoms. The van der Waals surface area contributed by atoms with Gasteiger partial charge in [-0.15, -0.1) is 0 Å². The van der Waals surface area contributed by atoms with Crippen LogP contribution in [0.4, 0.5) is 5.69 Å². The van der Waals surface area contributed by atoms with E-state index in [1.54, 1.807) is 0 Å². The van der Waals surface area contributed by atoms with E-state index in [2.05, 4.69) is 79.4 Å². The fourth-order valence-corrected chi connectivity index (χ4v) is 2.98. The Labute approximate surface area is 138 Å². The molecule has 116 valence electrons. The molecule has 1 aromatic heterocycles. The molecule has 23 heavy (non-hydrogen) atoms. The van der Waals surface area contributed by atoms with Gasteiger partial charge < -0.3 is 4.90 Å². The minimum Gasteiger partial charge on any atom is -0.371 e. The Bertz CT molecular complexity index is 747. The molecule has 3 rings (SSSR count). The smallest absolute Gasteiger partial charge is 0.0801 e. The predicted molar refractivity (Wildman–Crippen MR) is 98.7 cm³/mol. The van der Waals surface area contributed by atoms with Gasteiger partial charge in [-0.2, -0.15) is 0 Å². The number of pyridine rings is 1. The summed E-state index contributed by atoms with van der Waals surface area (Å²) in [7, 11) is 0. The number of rotatable bonds is 5. The SMILES string of the molecule is CCN(CC)c1ccnc(-c2ccccc2)c1-c1ccccc1. The van der Waals surface area contributed by atoms with Crippen molar-refractivity contribution in [2.24, 2.45) is 0 Å². The van der Waals surface area contributed by atoms with E-state index in [-0.39, 0.29) is 0 Å². The molecule has 1 heterocycles. The van der Waals surface area contributed by atoms with Crippen LogP contribution in [0.2, 0.25) is 0 Å². The summed E-state index contributed by atoms with van der Waals surface area (Å²) in [5.74, 6) is 0. The van der Waals surface area contributed by atoms with E-state index in [0.29, 0.717) is 0 Å². The highest BCUT2D eigenvalue weighted by atomic mass is 15.1. The molecule has 0 radical (unpaired) electrons. The molecule has 0 spiro atoms. The number of hydrogen-bond acceptors (Lipinski definition) is 2. The van der Waals surface area contributed by atoms with Gasteiger partial charge in [-0.1, -0.05) is 60.7 Å². The molecule has 0 fully saturated rings. The first kappa shape index (κ1) is 15.3. The maximum atomic E-state index is 4.71. The normalized spacial score (nSPS) is 10.5. The molecular formula is C21H22N2. The molecule has 2 aromatic carbocycles. The van der Waals surface area contributed by atoms with E-state index in [4.69, 9.17) is 4.98 Å². The van der Waals surface area contributed by atoms with Crippen LogP contribution in [0.5, 0.6) is 0 Å². The first-order chi connectivity index (χ1) is 11.3. The average molecular weight is 302 g/mol. The molecule has 2 nitrogen and oxygen atoms in total. The van der Waals surface area contributed by atoms with Crippen LogP contribution in [-0.4, -0.2) is 18.1 Å². The summed E-state index contributed by atoms with van der Waals surface area (Å²) in [5.41, 5.74) is 5.86. The molecule has 0 saturated heterocycles. The highest BCUT2D eigenvalue weighted by Gasteiger charge is 2.16. The van der Waals surface area contributed by atoms with Crippen molar-refractivity contribution in [2.75, 3.05) is 18.0 Å². The second kappa shape index (κ2) is 7.10. The Hall–Kier alpha value is -2.61. The lowest BCUT2D eigenvalue weighted by molar-refractivity contribution is 0.866. The summed E-state index contributed by atoms with van der Waals surface area (Å²) in [6.07, 6.45) is 1.92. The topological polar surface area (TPSA) is 16.1 Å². The van der Waals surface area contributed by atoms with Crippen molar-refractivity contribution in [1.29, 1.82) is 0 Å². The summed E-state index contributed by atoms with van der Waals surface area (Å²) in [4.78, 5) is 7.10. The molecule has 2 heteroatoms. The fraction of sp³-hybridized carbons (Fsp3) is 0.190.